The van der Waals surface area contributed by atoms with Gasteiger partial charge in [0.2, 0.25) is 0 Å². The lowest BCUT2D eigenvalue weighted by Crippen LogP contribution is -2.51. The van der Waals surface area contributed by atoms with Crippen molar-refractivity contribution in [3.63, 3.8) is 0 Å². The molecule has 1 aromatic heterocycles. The Kier molecular flexibility index (Phi) is 5.33. The van der Waals surface area contributed by atoms with E-state index in [1.165, 1.54) is 11.1 Å². The first-order valence-corrected chi connectivity index (χ1v) is 8.70. The highest BCUT2D eigenvalue weighted by atomic mass is 16.2. The van der Waals surface area contributed by atoms with Gasteiger partial charge in [0.15, 0.2) is 5.82 Å². The normalized spacial score (nSPS) is 16.7. The highest BCUT2D eigenvalue weighted by Gasteiger charge is 2.23. The van der Waals surface area contributed by atoms with E-state index in [0.717, 1.165) is 38.5 Å². The standard InChI is InChI=1S/C18H26N6O/c1-14-5-4-6-16(11-14)12-23-7-9-24(10-8-23)18(25)20-15(2)17-21-19-13-22(17)3/h4-6,11,13,15H,7-10,12H2,1-3H3,(H,20,25). The van der Waals surface area contributed by atoms with Crippen molar-refractivity contribution in [3.8, 4) is 0 Å². The summed E-state index contributed by atoms with van der Waals surface area (Å²) in [5.74, 6) is 0.756. The molecule has 0 aliphatic carbocycles. The molecule has 1 aliphatic rings. The second-order valence-electron chi connectivity index (χ2n) is 6.72. The Labute approximate surface area is 148 Å². The Morgan fingerprint density at radius 3 is 2.68 bits per heavy atom. The molecule has 2 amide bonds. The SMILES string of the molecule is Cc1cccc(CN2CCN(C(=O)NC(C)c3nncn3C)CC2)c1. The molecule has 1 unspecified atom stereocenters. The van der Waals surface area contributed by atoms with Crippen LogP contribution in [0.2, 0.25) is 0 Å². The number of benzene rings is 1. The summed E-state index contributed by atoms with van der Waals surface area (Å²) in [6, 6.07) is 8.40. The molecule has 1 fully saturated rings. The number of carbonyl (C=O) groups is 1. The number of nitrogens with zero attached hydrogens (tertiary/aromatic N) is 5. The van der Waals surface area contributed by atoms with Gasteiger partial charge in [-0.15, -0.1) is 10.2 Å². The molecule has 134 valence electrons. The van der Waals surface area contributed by atoms with Crippen molar-refractivity contribution in [1.82, 2.24) is 29.9 Å². The molecule has 0 spiro atoms. The van der Waals surface area contributed by atoms with Crippen LogP contribution in [-0.4, -0.2) is 56.8 Å². The third-order valence-corrected chi connectivity index (χ3v) is 4.62. The molecule has 2 heterocycles. The Bertz CT molecular complexity index is 720. The van der Waals surface area contributed by atoms with Gasteiger partial charge in [0.05, 0.1) is 6.04 Å². The van der Waals surface area contributed by atoms with E-state index in [-0.39, 0.29) is 12.1 Å². The Hall–Kier alpha value is -2.41. The van der Waals surface area contributed by atoms with Gasteiger partial charge in [0.1, 0.15) is 6.33 Å². The smallest absolute Gasteiger partial charge is 0.318 e. The molecular formula is C18H26N6O. The van der Waals surface area contributed by atoms with Crippen LogP contribution in [0.3, 0.4) is 0 Å². The lowest BCUT2D eigenvalue weighted by atomic mass is 10.1. The fourth-order valence-corrected chi connectivity index (χ4v) is 3.20. The zero-order valence-electron chi connectivity index (χ0n) is 15.1. The average Bonchev–Trinajstić information content (AvgIpc) is 3.01. The van der Waals surface area contributed by atoms with Crippen molar-refractivity contribution in [2.24, 2.45) is 7.05 Å². The summed E-state index contributed by atoms with van der Waals surface area (Å²) < 4.78 is 1.82. The van der Waals surface area contributed by atoms with Crippen LogP contribution in [0.4, 0.5) is 4.79 Å². The van der Waals surface area contributed by atoms with Gasteiger partial charge in [-0.3, -0.25) is 4.90 Å². The monoisotopic (exact) mass is 342 g/mol. The van der Waals surface area contributed by atoms with E-state index >= 15 is 0 Å². The summed E-state index contributed by atoms with van der Waals surface area (Å²) >= 11 is 0. The summed E-state index contributed by atoms with van der Waals surface area (Å²) in [6.45, 7) is 8.23. The van der Waals surface area contributed by atoms with E-state index in [1.807, 2.05) is 23.4 Å². The molecule has 25 heavy (non-hydrogen) atoms. The second-order valence-corrected chi connectivity index (χ2v) is 6.72. The third kappa shape index (κ3) is 4.36. The van der Waals surface area contributed by atoms with Crippen molar-refractivity contribution in [1.29, 1.82) is 0 Å². The van der Waals surface area contributed by atoms with Gasteiger partial charge in [0, 0.05) is 39.8 Å². The van der Waals surface area contributed by atoms with E-state index < -0.39 is 0 Å². The van der Waals surface area contributed by atoms with Crippen LogP contribution in [-0.2, 0) is 13.6 Å². The fourth-order valence-electron chi connectivity index (χ4n) is 3.20. The van der Waals surface area contributed by atoms with Crippen molar-refractivity contribution in [2.75, 3.05) is 26.2 Å². The van der Waals surface area contributed by atoms with E-state index in [1.54, 1.807) is 6.33 Å². The topological polar surface area (TPSA) is 66.3 Å². The van der Waals surface area contributed by atoms with Gasteiger partial charge in [-0.1, -0.05) is 29.8 Å². The summed E-state index contributed by atoms with van der Waals surface area (Å²) in [6.07, 6.45) is 1.64. The van der Waals surface area contributed by atoms with Gasteiger partial charge in [-0.05, 0) is 19.4 Å². The maximum atomic E-state index is 12.5. The number of aromatic nitrogens is 3. The molecule has 7 heteroatoms. The number of hydrogen-bond donors (Lipinski definition) is 1. The second kappa shape index (κ2) is 7.65. The number of rotatable bonds is 4. The van der Waals surface area contributed by atoms with E-state index in [0.29, 0.717) is 0 Å². The molecule has 0 saturated carbocycles. The van der Waals surface area contributed by atoms with Crippen molar-refractivity contribution in [3.05, 3.63) is 47.5 Å². The van der Waals surface area contributed by atoms with Crippen LogP contribution < -0.4 is 5.32 Å². The Morgan fingerprint density at radius 2 is 2.04 bits per heavy atom. The van der Waals surface area contributed by atoms with Gasteiger partial charge in [-0.2, -0.15) is 0 Å². The lowest BCUT2D eigenvalue weighted by molar-refractivity contribution is 0.133. The molecule has 1 saturated heterocycles. The first-order valence-electron chi connectivity index (χ1n) is 8.70. The molecule has 2 aromatic rings. The molecular weight excluding hydrogens is 316 g/mol. The van der Waals surface area contributed by atoms with Gasteiger partial charge < -0.3 is 14.8 Å². The summed E-state index contributed by atoms with van der Waals surface area (Å²) in [7, 11) is 1.88. The van der Waals surface area contributed by atoms with Gasteiger partial charge in [0.25, 0.3) is 0 Å². The van der Waals surface area contributed by atoms with E-state index in [4.69, 9.17) is 0 Å². The van der Waals surface area contributed by atoms with Crippen LogP contribution in [0.25, 0.3) is 0 Å². The number of piperazine rings is 1. The maximum Gasteiger partial charge on any atom is 0.318 e. The van der Waals surface area contributed by atoms with E-state index in [9.17, 15) is 4.79 Å². The zero-order chi connectivity index (χ0) is 17.8. The van der Waals surface area contributed by atoms with Crippen molar-refractivity contribution < 1.29 is 4.79 Å². The number of amides is 2. The van der Waals surface area contributed by atoms with Gasteiger partial charge >= 0.3 is 6.03 Å². The quantitative estimate of drug-likeness (QED) is 0.919. The maximum absolute atomic E-state index is 12.5. The summed E-state index contributed by atoms with van der Waals surface area (Å²) in [5.41, 5.74) is 2.61. The predicted octanol–water partition coefficient (Wildman–Crippen LogP) is 1.71. The largest absolute Gasteiger partial charge is 0.328 e. The summed E-state index contributed by atoms with van der Waals surface area (Å²) in [5, 5.41) is 10.9. The highest BCUT2D eigenvalue weighted by molar-refractivity contribution is 5.74. The number of aryl methyl sites for hydroxylation is 2. The van der Waals surface area contributed by atoms with Crippen LogP contribution in [0.15, 0.2) is 30.6 Å². The Balaban J connectivity index is 1.48. The predicted molar refractivity (Wildman–Crippen MR) is 96.0 cm³/mol. The van der Waals surface area contributed by atoms with Crippen molar-refractivity contribution >= 4 is 6.03 Å². The molecule has 1 atom stereocenters. The molecule has 3 rings (SSSR count). The molecule has 0 bridgehead atoms. The number of hydrogen-bond acceptors (Lipinski definition) is 4. The average molecular weight is 342 g/mol. The van der Waals surface area contributed by atoms with Crippen LogP contribution in [0.1, 0.15) is 29.9 Å². The molecule has 0 radical (unpaired) electrons. The first kappa shape index (κ1) is 17.4. The molecule has 1 N–H and O–H groups in total. The summed E-state index contributed by atoms with van der Waals surface area (Å²) in [4.78, 5) is 16.7. The van der Waals surface area contributed by atoms with Crippen molar-refractivity contribution in [2.45, 2.75) is 26.4 Å². The van der Waals surface area contributed by atoms with Crippen LogP contribution >= 0.6 is 0 Å². The highest BCUT2D eigenvalue weighted by Crippen LogP contribution is 2.12. The van der Waals surface area contributed by atoms with E-state index in [2.05, 4.69) is 51.6 Å². The van der Waals surface area contributed by atoms with Crippen LogP contribution in [0.5, 0.6) is 0 Å². The van der Waals surface area contributed by atoms with Crippen LogP contribution in [0, 0.1) is 6.92 Å². The lowest BCUT2D eigenvalue weighted by Gasteiger charge is -2.35. The first-order chi connectivity index (χ1) is 12.0. The number of carbonyl (C=O) groups excluding carboxylic acids is 1. The Morgan fingerprint density at radius 1 is 1.28 bits per heavy atom. The minimum Gasteiger partial charge on any atom is -0.328 e. The minimum absolute atomic E-state index is 0.0364. The minimum atomic E-state index is -0.162. The molecule has 7 nitrogen and oxygen atoms in total. The number of urea groups is 1. The van der Waals surface area contributed by atoms with Gasteiger partial charge in [-0.25, -0.2) is 4.79 Å². The number of nitrogens with one attached hydrogen (secondary N) is 1. The molecule has 1 aromatic carbocycles. The zero-order valence-corrected chi connectivity index (χ0v) is 15.1. The molecule has 1 aliphatic heterocycles. The third-order valence-electron chi connectivity index (χ3n) is 4.62. The fraction of sp³-hybridized carbons (Fsp3) is 0.500.